The number of aromatic amines is 1. The molecule has 0 atom stereocenters. The van der Waals surface area contributed by atoms with Crippen molar-refractivity contribution >= 4 is 10.0 Å². The summed E-state index contributed by atoms with van der Waals surface area (Å²) in [5, 5.41) is 0. The maximum absolute atomic E-state index is 14.0. The molecular formula is C33H30F3NOS. The SMILES string of the molecule is Fc1cc(F)c(COCc2cc(S(Cc3ccccc3)(Cc3ccccc3)Cc3ccccc3)c[nH]2)cc1F. The summed E-state index contributed by atoms with van der Waals surface area (Å²) in [6, 6.07) is 35.3. The topological polar surface area (TPSA) is 25.0 Å². The molecule has 5 rings (SSSR count). The van der Waals surface area contributed by atoms with Crippen LogP contribution in [0.4, 0.5) is 13.2 Å². The molecule has 0 amide bonds. The lowest BCUT2D eigenvalue weighted by atomic mass is 10.2. The number of benzene rings is 4. The zero-order valence-corrected chi connectivity index (χ0v) is 22.3. The molecule has 1 heterocycles. The van der Waals surface area contributed by atoms with Crippen LogP contribution in [0.3, 0.4) is 0 Å². The molecule has 2 nitrogen and oxygen atoms in total. The molecule has 0 bridgehead atoms. The first kappa shape index (κ1) is 26.9. The Hall–Kier alpha value is -3.74. The van der Waals surface area contributed by atoms with Crippen LogP contribution in [-0.2, 0) is 35.2 Å². The van der Waals surface area contributed by atoms with E-state index in [1.165, 1.54) is 21.6 Å². The highest BCUT2D eigenvalue weighted by Crippen LogP contribution is 2.63. The van der Waals surface area contributed by atoms with Gasteiger partial charge in [-0.05, 0) is 28.8 Å². The van der Waals surface area contributed by atoms with E-state index in [1.807, 2.05) is 18.2 Å². The Labute approximate surface area is 228 Å². The van der Waals surface area contributed by atoms with Crippen molar-refractivity contribution in [2.24, 2.45) is 0 Å². The van der Waals surface area contributed by atoms with Gasteiger partial charge in [0.25, 0.3) is 0 Å². The summed E-state index contributed by atoms with van der Waals surface area (Å²) >= 11 is 0. The lowest BCUT2D eigenvalue weighted by Gasteiger charge is -2.40. The first-order valence-electron chi connectivity index (χ1n) is 12.8. The highest BCUT2D eigenvalue weighted by Gasteiger charge is 2.29. The Morgan fingerprint density at radius 2 is 1.05 bits per heavy atom. The van der Waals surface area contributed by atoms with E-state index in [2.05, 4.69) is 90.0 Å². The normalized spacial score (nSPS) is 12.0. The van der Waals surface area contributed by atoms with E-state index in [4.69, 9.17) is 4.74 Å². The summed E-state index contributed by atoms with van der Waals surface area (Å²) in [6.45, 7) is 0.0311. The molecule has 0 saturated carbocycles. The van der Waals surface area contributed by atoms with Gasteiger partial charge in [-0.2, -0.15) is 0 Å². The second-order valence-corrected chi connectivity index (χ2v) is 13.1. The molecule has 6 heteroatoms. The minimum absolute atomic E-state index is 0.0158. The standard InChI is InChI=1S/C33H30F3NOS/c34-31-18-33(36)32(35)16-28(31)20-38-21-29-17-30(19-37-29)39(22-25-10-4-1-5-11-25,23-26-12-6-2-7-13-26)24-27-14-8-3-9-15-27/h1-19,37H,20-24H2. The number of halogens is 3. The first-order chi connectivity index (χ1) is 19.0. The minimum Gasteiger partial charge on any atom is -0.370 e. The molecule has 4 aromatic carbocycles. The average Bonchev–Trinajstić information content (AvgIpc) is 3.43. The maximum Gasteiger partial charge on any atom is 0.161 e. The molecule has 0 aliphatic carbocycles. The highest BCUT2D eigenvalue weighted by atomic mass is 32.3. The van der Waals surface area contributed by atoms with Gasteiger partial charge in [-0.15, -0.1) is 0 Å². The summed E-state index contributed by atoms with van der Waals surface area (Å²) in [5.41, 5.74) is 4.68. The van der Waals surface area contributed by atoms with E-state index in [0.29, 0.717) is 6.07 Å². The number of aromatic nitrogens is 1. The molecular weight excluding hydrogens is 515 g/mol. The minimum atomic E-state index is -1.45. The highest BCUT2D eigenvalue weighted by molar-refractivity contribution is 8.31. The predicted octanol–water partition coefficient (Wildman–Crippen LogP) is 8.91. The van der Waals surface area contributed by atoms with Crippen LogP contribution in [-0.4, -0.2) is 4.98 Å². The molecule has 200 valence electrons. The van der Waals surface area contributed by atoms with Gasteiger partial charge in [-0.3, -0.25) is 0 Å². The Balaban J connectivity index is 1.45. The van der Waals surface area contributed by atoms with Gasteiger partial charge in [-0.1, -0.05) is 91.0 Å². The quantitative estimate of drug-likeness (QED) is 0.165. The van der Waals surface area contributed by atoms with Crippen molar-refractivity contribution < 1.29 is 17.9 Å². The predicted molar refractivity (Wildman–Crippen MR) is 152 cm³/mol. The number of ether oxygens (including phenoxy) is 1. The number of hydrogen-bond acceptors (Lipinski definition) is 1. The Morgan fingerprint density at radius 3 is 1.56 bits per heavy atom. The molecule has 1 aromatic heterocycles. The Kier molecular flexibility index (Phi) is 8.54. The van der Waals surface area contributed by atoms with E-state index < -0.39 is 27.5 Å². The molecule has 39 heavy (non-hydrogen) atoms. The molecule has 0 fully saturated rings. The third kappa shape index (κ3) is 6.83. The van der Waals surface area contributed by atoms with Crippen LogP contribution in [0, 0.1) is 17.5 Å². The fraction of sp³-hybridized carbons (Fsp3) is 0.152. The lowest BCUT2D eigenvalue weighted by Crippen LogP contribution is -2.11. The maximum atomic E-state index is 14.0. The lowest BCUT2D eigenvalue weighted by molar-refractivity contribution is 0.102. The van der Waals surface area contributed by atoms with Crippen molar-refractivity contribution in [3.8, 4) is 0 Å². The van der Waals surface area contributed by atoms with Gasteiger partial charge in [0.05, 0.1) is 13.2 Å². The van der Waals surface area contributed by atoms with Crippen LogP contribution in [0.25, 0.3) is 0 Å². The number of H-pyrrole nitrogens is 1. The van der Waals surface area contributed by atoms with Gasteiger partial charge in [-0.25, -0.2) is 23.2 Å². The third-order valence-corrected chi connectivity index (χ3v) is 10.6. The molecule has 1 N–H and O–H groups in total. The van der Waals surface area contributed by atoms with Crippen LogP contribution in [0.1, 0.15) is 27.9 Å². The smallest absolute Gasteiger partial charge is 0.161 e. The van der Waals surface area contributed by atoms with Gasteiger partial charge in [0, 0.05) is 45.7 Å². The van der Waals surface area contributed by atoms with Gasteiger partial charge >= 0.3 is 0 Å². The second-order valence-electron chi connectivity index (χ2n) is 9.65. The fourth-order valence-corrected chi connectivity index (χ4v) is 8.78. The van der Waals surface area contributed by atoms with E-state index >= 15 is 0 Å². The van der Waals surface area contributed by atoms with E-state index in [9.17, 15) is 13.2 Å². The molecule has 0 aliphatic heterocycles. The van der Waals surface area contributed by atoms with Gasteiger partial charge in [0.2, 0.25) is 0 Å². The van der Waals surface area contributed by atoms with Crippen LogP contribution in [0.2, 0.25) is 0 Å². The van der Waals surface area contributed by atoms with Crippen LogP contribution < -0.4 is 0 Å². The molecule has 5 aromatic rings. The zero-order chi connectivity index (χ0) is 27.1. The van der Waals surface area contributed by atoms with E-state index in [1.54, 1.807) is 0 Å². The third-order valence-electron chi connectivity index (χ3n) is 6.68. The summed E-state index contributed by atoms with van der Waals surface area (Å²) in [7, 11) is -1.45. The summed E-state index contributed by atoms with van der Waals surface area (Å²) in [6.07, 6.45) is 2.07. The van der Waals surface area contributed by atoms with E-state index in [-0.39, 0.29) is 18.8 Å². The Bertz CT molecular complexity index is 1390. The molecule has 0 aliphatic rings. The summed E-state index contributed by atoms with van der Waals surface area (Å²) in [5.74, 6) is -0.382. The number of rotatable bonds is 11. The molecule has 0 saturated heterocycles. The van der Waals surface area contributed by atoms with Crippen molar-refractivity contribution in [3.05, 3.63) is 161 Å². The molecule has 0 spiro atoms. The van der Waals surface area contributed by atoms with Crippen molar-refractivity contribution in [2.45, 2.75) is 35.4 Å². The van der Waals surface area contributed by atoms with Crippen LogP contribution in [0.15, 0.2) is 120 Å². The monoisotopic (exact) mass is 545 g/mol. The van der Waals surface area contributed by atoms with Crippen LogP contribution >= 0.6 is 10.0 Å². The van der Waals surface area contributed by atoms with E-state index in [0.717, 1.165) is 29.0 Å². The first-order valence-corrected chi connectivity index (χ1v) is 14.9. The van der Waals surface area contributed by atoms with Crippen LogP contribution in [0.5, 0.6) is 0 Å². The number of hydrogen-bond donors (Lipinski definition) is 1. The summed E-state index contributed by atoms with van der Waals surface area (Å²) < 4.78 is 46.6. The number of nitrogens with one attached hydrogen (secondary N) is 1. The largest absolute Gasteiger partial charge is 0.370 e. The Morgan fingerprint density at radius 1 is 0.564 bits per heavy atom. The van der Waals surface area contributed by atoms with Gasteiger partial charge in [0.1, 0.15) is 5.82 Å². The van der Waals surface area contributed by atoms with Crippen molar-refractivity contribution in [1.29, 1.82) is 0 Å². The molecule has 0 radical (unpaired) electrons. The fourth-order valence-electron chi connectivity index (χ4n) is 4.78. The van der Waals surface area contributed by atoms with Crippen molar-refractivity contribution in [3.63, 3.8) is 0 Å². The van der Waals surface area contributed by atoms with Crippen molar-refractivity contribution in [2.75, 3.05) is 0 Å². The zero-order valence-electron chi connectivity index (χ0n) is 21.5. The average molecular weight is 546 g/mol. The van der Waals surface area contributed by atoms with Gasteiger partial charge in [0.15, 0.2) is 11.6 Å². The second kappa shape index (κ2) is 12.4. The molecule has 0 unspecified atom stereocenters. The van der Waals surface area contributed by atoms with Crippen molar-refractivity contribution in [1.82, 2.24) is 4.98 Å². The van der Waals surface area contributed by atoms with Gasteiger partial charge < -0.3 is 9.72 Å². The summed E-state index contributed by atoms with van der Waals surface area (Å²) in [4.78, 5) is 4.59.